The summed E-state index contributed by atoms with van der Waals surface area (Å²) >= 11 is 0. The minimum absolute atomic E-state index is 0.605. The fraction of sp³-hybridized carbons (Fsp3) is 0. The van der Waals surface area contributed by atoms with Gasteiger partial charge in [0, 0.05) is 43.8 Å². The van der Waals surface area contributed by atoms with Crippen LogP contribution in [-0.4, -0.2) is 24.1 Å². The molecule has 0 saturated carbocycles. The first-order chi connectivity index (χ1) is 30.8. The van der Waals surface area contributed by atoms with Crippen molar-refractivity contribution in [2.24, 2.45) is 0 Å². The van der Waals surface area contributed by atoms with Crippen molar-refractivity contribution in [2.75, 3.05) is 0 Å². The van der Waals surface area contributed by atoms with Gasteiger partial charge in [0.05, 0.1) is 33.4 Å². The number of fused-ring (bicyclic) bond motifs is 6. The number of benzene rings is 9. The predicted molar refractivity (Wildman–Crippen MR) is 256 cm³/mol. The van der Waals surface area contributed by atoms with E-state index in [2.05, 4.69) is 209 Å². The Morgan fingerprint density at radius 1 is 0.258 bits per heavy atom. The van der Waals surface area contributed by atoms with Crippen LogP contribution in [0.25, 0.3) is 111 Å². The van der Waals surface area contributed by atoms with Crippen molar-refractivity contribution in [1.29, 1.82) is 0 Å². The second-order valence-electron chi connectivity index (χ2n) is 15.6. The van der Waals surface area contributed by atoms with Crippen molar-refractivity contribution in [3.05, 3.63) is 224 Å². The lowest BCUT2D eigenvalue weighted by atomic mass is 10.0. The molecule has 0 fully saturated rings. The van der Waals surface area contributed by atoms with Gasteiger partial charge in [0.2, 0.25) is 0 Å². The second-order valence-corrected chi connectivity index (χ2v) is 15.6. The first kappa shape index (κ1) is 35.5. The molecule has 0 saturated heterocycles. The minimum atomic E-state index is 0.605. The van der Waals surface area contributed by atoms with Crippen molar-refractivity contribution in [2.45, 2.75) is 0 Å². The van der Waals surface area contributed by atoms with Crippen LogP contribution in [0.1, 0.15) is 0 Å². The van der Waals surface area contributed by atoms with Crippen molar-refractivity contribution in [3.63, 3.8) is 0 Å². The molecule has 0 N–H and O–H groups in total. The topological polar surface area (TPSA) is 48.5 Å². The fourth-order valence-electron chi connectivity index (χ4n) is 9.14. The van der Waals surface area contributed by atoms with E-state index in [4.69, 9.17) is 15.0 Å². The molecule has 9 aromatic carbocycles. The monoisotopic (exact) mass is 791 g/mol. The molecule has 0 aliphatic heterocycles. The quantitative estimate of drug-likeness (QED) is 0.162. The predicted octanol–water partition coefficient (Wildman–Crippen LogP) is 14.4. The molecule has 290 valence electrons. The molecule has 0 amide bonds. The van der Waals surface area contributed by atoms with Gasteiger partial charge in [-0.1, -0.05) is 188 Å². The Morgan fingerprint density at radius 2 is 0.661 bits per heavy atom. The van der Waals surface area contributed by atoms with Crippen molar-refractivity contribution in [1.82, 2.24) is 24.1 Å². The number of para-hydroxylation sites is 3. The van der Waals surface area contributed by atoms with Crippen LogP contribution in [0.5, 0.6) is 0 Å². The zero-order valence-electron chi connectivity index (χ0n) is 33.6. The van der Waals surface area contributed by atoms with E-state index < -0.39 is 0 Å². The van der Waals surface area contributed by atoms with E-state index in [1.807, 2.05) is 24.3 Å². The van der Waals surface area contributed by atoms with E-state index in [9.17, 15) is 0 Å². The molecule has 0 aliphatic rings. The zero-order chi connectivity index (χ0) is 41.0. The Balaban J connectivity index is 1.10. The summed E-state index contributed by atoms with van der Waals surface area (Å²) in [6, 6.07) is 79.3. The Kier molecular flexibility index (Phi) is 8.42. The highest BCUT2D eigenvalue weighted by Gasteiger charge is 2.22. The maximum absolute atomic E-state index is 5.22. The Hall–Kier alpha value is -8.41. The van der Waals surface area contributed by atoms with Gasteiger partial charge in [0.15, 0.2) is 17.5 Å². The molecule has 5 nitrogen and oxygen atoms in total. The summed E-state index contributed by atoms with van der Waals surface area (Å²) in [6.45, 7) is 0. The van der Waals surface area contributed by atoms with E-state index in [1.165, 1.54) is 38.1 Å². The first-order valence-electron chi connectivity index (χ1n) is 21.0. The van der Waals surface area contributed by atoms with Crippen molar-refractivity contribution in [3.8, 4) is 67.8 Å². The molecule has 0 radical (unpaired) electrons. The van der Waals surface area contributed by atoms with Crippen molar-refractivity contribution >= 4 is 43.6 Å². The van der Waals surface area contributed by atoms with E-state index in [1.54, 1.807) is 0 Å². The van der Waals surface area contributed by atoms with Crippen LogP contribution >= 0.6 is 0 Å². The SMILES string of the molecule is c1ccc(-c2ccc(-c3nc(-c4ccccc4)nc(-c4ccc(-c5ccccc5)c(-n5c6ccccc6c6c(-n7c8ccccc8c8ccccc87)cccc65)c4)n3)cc2)cc1. The molecular formula is C57H37N5. The van der Waals surface area contributed by atoms with Crippen LogP contribution in [0.4, 0.5) is 0 Å². The summed E-state index contributed by atoms with van der Waals surface area (Å²) < 4.78 is 4.86. The molecule has 0 atom stereocenters. The van der Waals surface area contributed by atoms with Gasteiger partial charge in [-0.25, -0.2) is 15.0 Å². The highest BCUT2D eigenvalue weighted by Crippen LogP contribution is 2.42. The lowest BCUT2D eigenvalue weighted by Crippen LogP contribution is -2.02. The van der Waals surface area contributed by atoms with Gasteiger partial charge in [0.25, 0.3) is 0 Å². The summed E-state index contributed by atoms with van der Waals surface area (Å²) in [6.07, 6.45) is 0. The van der Waals surface area contributed by atoms with E-state index in [-0.39, 0.29) is 0 Å². The Labute approximate surface area is 358 Å². The van der Waals surface area contributed by atoms with Gasteiger partial charge < -0.3 is 9.13 Å². The summed E-state index contributed by atoms with van der Waals surface area (Å²) in [5, 5.41) is 4.84. The van der Waals surface area contributed by atoms with Gasteiger partial charge in [0.1, 0.15) is 0 Å². The van der Waals surface area contributed by atoms with E-state index in [0.717, 1.165) is 55.8 Å². The molecule has 3 aromatic heterocycles. The molecule has 3 heterocycles. The Bertz CT molecular complexity index is 3550. The highest BCUT2D eigenvalue weighted by atomic mass is 15.0. The van der Waals surface area contributed by atoms with Crippen LogP contribution in [0.3, 0.4) is 0 Å². The third-order valence-electron chi connectivity index (χ3n) is 12.0. The number of nitrogens with zero attached hydrogens (tertiary/aromatic N) is 5. The fourth-order valence-corrected chi connectivity index (χ4v) is 9.14. The standard InChI is InChI=1S/C57H37N5/c1-4-17-38(18-5-1)39-31-33-42(34-32-39)56-58-55(41-21-8-3-9-22-41)59-57(60-56)43-35-36-44(40-19-6-2-7-20-40)53(37-43)62-50-28-15-12-25-47(50)54-51(29-16-30-52(54)62)61-48-26-13-10-23-45(48)46-24-11-14-27-49(46)61/h1-37H. The highest BCUT2D eigenvalue weighted by molar-refractivity contribution is 6.16. The van der Waals surface area contributed by atoms with Gasteiger partial charge in [-0.05, 0) is 53.1 Å². The van der Waals surface area contributed by atoms with Crippen LogP contribution in [0.2, 0.25) is 0 Å². The lowest BCUT2D eigenvalue weighted by molar-refractivity contribution is 1.07. The smallest absolute Gasteiger partial charge is 0.164 e. The second kappa shape index (κ2) is 14.7. The minimum Gasteiger partial charge on any atom is -0.309 e. The average Bonchev–Trinajstić information content (AvgIpc) is 3.88. The van der Waals surface area contributed by atoms with Gasteiger partial charge in [-0.15, -0.1) is 0 Å². The molecule has 0 bridgehead atoms. The summed E-state index contributed by atoms with van der Waals surface area (Å²) in [7, 11) is 0. The normalized spacial score (nSPS) is 11.5. The Morgan fingerprint density at radius 3 is 1.27 bits per heavy atom. The van der Waals surface area contributed by atoms with Crippen LogP contribution in [0.15, 0.2) is 224 Å². The number of hydrogen-bond acceptors (Lipinski definition) is 3. The van der Waals surface area contributed by atoms with Gasteiger partial charge in [-0.2, -0.15) is 0 Å². The van der Waals surface area contributed by atoms with Crippen LogP contribution in [-0.2, 0) is 0 Å². The summed E-state index contributed by atoms with van der Waals surface area (Å²) in [4.78, 5) is 15.5. The van der Waals surface area contributed by atoms with Gasteiger partial charge >= 0.3 is 0 Å². The molecule has 12 aromatic rings. The number of aromatic nitrogens is 5. The molecule has 0 aliphatic carbocycles. The van der Waals surface area contributed by atoms with Crippen LogP contribution in [0, 0.1) is 0 Å². The maximum Gasteiger partial charge on any atom is 0.164 e. The first-order valence-corrected chi connectivity index (χ1v) is 21.0. The molecule has 12 rings (SSSR count). The number of hydrogen-bond donors (Lipinski definition) is 0. The third-order valence-corrected chi connectivity index (χ3v) is 12.0. The van der Waals surface area contributed by atoms with Crippen molar-refractivity contribution < 1.29 is 0 Å². The maximum atomic E-state index is 5.22. The average molecular weight is 792 g/mol. The molecule has 62 heavy (non-hydrogen) atoms. The largest absolute Gasteiger partial charge is 0.309 e. The lowest BCUT2D eigenvalue weighted by Gasteiger charge is -2.17. The molecule has 5 heteroatoms. The molecule has 0 spiro atoms. The molecule has 0 unspecified atom stereocenters. The van der Waals surface area contributed by atoms with Crippen LogP contribution < -0.4 is 0 Å². The third kappa shape index (κ3) is 5.90. The summed E-state index contributed by atoms with van der Waals surface area (Å²) in [5.41, 5.74) is 14.0. The van der Waals surface area contributed by atoms with Gasteiger partial charge in [-0.3, -0.25) is 0 Å². The van der Waals surface area contributed by atoms with E-state index >= 15 is 0 Å². The molecular weight excluding hydrogens is 755 g/mol. The number of rotatable bonds is 7. The van der Waals surface area contributed by atoms with E-state index in [0.29, 0.717) is 17.5 Å². The zero-order valence-corrected chi connectivity index (χ0v) is 33.6. The summed E-state index contributed by atoms with van der Waals surface area (Å²) in [5.74, 6) is 1.85.